The van der Waals surface area contributed by atoms with Crippen LogP contribution in [0.15, 0.2) is 34.2 Å². The third kappa shape index (κ3) is 2.16. The molecule has 0 saturated carbocycles. The first-order valence-electron chi connectivity index (χ1n) is 6.45. The topological polar surface area (TPSA) is 66.6 Å². The zero-order chi connectivity index (χ0) is 14.1. The molecule has 1 aliphatic rings. The number of hydrogen-bond donors (Lipinski definition) is 2. The Bertz CT molecular complexity index is 706. The van der Waals surface area contributed by atoms with Crippen molar-refractivity contribution in [3.05, 3.63) is 30.0 Å². The molecule has 1 aromatic carbocycles. The normalized spacial score (nSPS) is 14.9. The minimum atomic E-state index is -0.914. The number of thioether (sulfide) groups is 1. The number of aromatic carboxylic acids is 1. The monoisotopic (exact) mass is 289 g/mol. The zero-order valence-electron chi connectivity index (χ0n) is 11.1. The largest absolute Gasteiger partial charge is 0.477 e. The van der Waals surface area contributed by atoms with Gasteiger partial charge in [-0.25, -0.2) is 4.79 Å². The Morgan fingerprint density at radius 2 is 2.25 bits per heavy atom. The fourth-order valence-corrected chi connectivity index (χ4v) is 3.51. The molecule has 2 heterocycles. The van der Waals surface area contributed by atoms with Crippen LogP contribution in [-0.4, -0.2) is 33.9 Å². The van der Waals surface area contributed by atoms with Crippen molar-refractivity contribution in [1.29, 1.82) is 0 Å². The summed E-state index contributed by atoms with van der Waals surface area (Å²) < 4.78 is 1.73. The molecule has 104 valence electrons. The first kappa shape index (κ1) is 13.1. The minimum absolute atomic E-state index is 0.311. The third-order valence-corrected chi connectivity index (χ3v) is 4.41. The van der Waals surface area contributed by atoms with E-state index < -0.39 is 5.97 Å². The molecular weight excluding hydrogens is 274 g/mol. The number of benzene rings is 1. The molecule has 0 unspecified atom stereocenters. The van der Waals surface area contributed by atoms with Crippen molar-refractivity contribution in [3.8, 4) is 0 Å². The van der Waals surface area contributed by atoms with Crippen molar-refractivity contribution in [3.63, 3.8) is 0 Å². The zero-order valence-corrected chi connectivity index (χ0v) is 11.9. The highest BCUT2D eigenvalue weighted by Crippen LogP contribution is 2.34. The number of carbonyl (C=O) groups is 1. The van der Waals surface area contributed by atoms with Gasteiger partial charge in [0.2, 0.25) is 0 Å². The van der Waals surface area contributed by atoms with Crippen molar-refractivity contribution in [1.82, 2.24) is 9.88 Å². The summed E-state index contributed by atoms with van der Waals surface area (Å²) in [4.78, 5) is 16.7. The van der Waals surface area contributed by atoms with Gasteiger partial charge in [0.15, 0.2) is 5.17 Å². The molecule has 5 nitrogen and oxygen atoms in total. The smallest absolute Gasteiger partial charge is 0.353 e. The summed E-state index contributed by atoms with van der Waals surface area (Å²) in [5, 5.41) is 14.5. The third-order valence-electron chi connectivity index (χ3n) is 3.33. The summed E-state index contributed by atoms with van der Waals surface area (Å²) in [6.45, 7) is 1.68. The van der Waals surface area contributed by atoms with Crippen molar-refractivity contribution < 1.29 is 9.90 Å². The quantitative estimate of drug-likeness (QED) is 0.890. The molecule has 2 N–H and O–H groups in total. The van der Waals surface area contributed by atoms with E-state index in [1.807, 2.05) is 24.3 Å². The number of rotatable bonds is 2. The van der Waals surface area contributed by atoms with Crippen molar-refractivity contribution >= 4 is 33.8 Å². The maximum Gasteiger partial charge on any atom is 0.353 e. The molecule has 0 bridgehead atoms. The van der Waals surface area contributed by atoms with Gasteiger partial charge < -0.3 is 15.0 Å². The maximum absolute atomic E-state index is 11.6. The van der Waals surface area contributed by atoms with Gasteiger partial charge in [0.25, 0.3) is 0 Å². The first-order chi connectivity index (χ1) is 9.68. The Balaban J connectivity index is 2.14. The number of para-hydroxylation sites is 1. The highest BCUT2D eigenvalue weighted by Gasteiger charge is 2.22. The predicted octanol–water partition coefficient (Wildman–Crippen LogP) is 2.32. The van der Waals surface area contributed by atoms with Crippen LogP contribution in [0, 0.1) is 0 Å². The second-order valence-corrected chi connectivity index (χ2v) is 5.63. The van der Waals surface area contributed by atoms with Crippen LogP contribution in [0.2, 0.25) is 0 Å². The number of carboxylic acids is 1. The molecule has 0 saturated heterocycles. The molecule has 6 heteroatoms. The number of aryl methyl sites for hydroxylation is 1. The van der Waals surface area contributed by atoms with Gasteiger partial charge in [-0.05, 0) is 24.2 Å². The summed E-state index contributed by atoms with van der Waals surface area (Å²) in [5.74, 6) is -0.914. The lowest BCUT2D eigenvalue weighted by molar-refractivity contribution is 0.0683. The number of aromatic nitrogens is 1. The van der Waals surface area contributed by atoms with Crippen molar-refractivity contribution in [2.24, 2.45) is 12.0 Å². The van der Waals surface area contributed by atoms with Crippen LogP contribution in [0.25, 0.3) is 10.9 Å². The fraction of sp³-hybridized carbons (Fsp3) is 0.286. The van der Waals surface area contributed by atoms with E-state index in [-0.39, 0.29) is 0 Å². The van der Waals surface area contributed by atoms with Crippen molar-refractivity contribution in [2.45, 2.75) is 11.3 Å². The Morgan fingerprint density at radius 1 is 1.45 bits per heavy atom. The van der Waals surface area contributed by atoms with E-state index in [2.05, 4.69) is 10.3 Å². The number of nitrogens with zero attached hydrogens (tertiary/aromatic N) is 2. The molecule has 0 spiro atoms. The molecule has 2 aromatic rings. The second-order valence-electron chi connectivity index (χ2n) is 4.63. The molecule has 20 heavy (non-hydrogen) atoms. The van der Waals surface area contributed by atoms with Crippen LogP contribution in [0.5, 0.6) is 0 Å². The molecule has 0 fully saturated rings. The van der Waals surface area contributed by atoms with Crippen LogP contribution < -0.4 is 5.32 Å². The van der Waals surface area contributed by atoms with Gasteiger partial charge in [0.05, 0.1) is 4.90 Å². The SMILES string of the molecule is Cn1c(C(=O)O)c(SC2=NCCCN2)c2ccccc21. The van der Waals surface area contributed by atoms with E-state index in [9.17, 15) is 9.90 Å². The Kier molecular flexibility index (Phi) is 3.40. The number of nitrogens with one attached hydrogen (secondary N) is 1. The Labute approximate surface area is 120 Å². The van der Waals surface area contributed by atoms with E-state index in [1.165, 1.54) is 11.8 Å². The van der Waals surface area contributed by atoms with Gasteiger partial charge >= 0.3 is 5.97 Å². The van der Waals surface area contributed by atoms with Gasteiger partial charge in [-0.2, -0.15) is 0 Å². The standard InChI is InChI=1S/C14H15N3O2S/c1-17-10-6-3-2-5-9(10)12(11(17)13(18)19)20-14-15-7-4-8-16-14/h2-3,5-6H,4,7-8H2,1H3,(H,15,16)(H,18,19). The van der Waals surface area contributed by atoms with Crippen LogP contribution in [-0.2, 0) is 7.05 Å². The summed E-state index contributed by atoms with van der Waals surface area (Å²) in [7, 11) is 1.78. The lowest BCUT2D eigenvalue weighted by Gasteiger charge is -2.13. The summed E-state index contributed by atoms with van der Waals surface area (Å²) in [5.41, 5.74) is 1.23. The summed E-state index contributed by atoms with van der Waals surface area (Å²) >= 11 is 1.41. The lowest BCUT2D eigenvalue weighted by atomic mass is 10.2. The maximum atomic E-state index is 11.6. The molecule has 0 radical (unpaired) electrons. The van der Waals surface area contributed by atoms with Crippen LogP contribution in [0.4, 0.5) is 0 Å². The molecule has 1 aromatic heterocycles. The van der Waals surface area contributed by atoms with Gasteiger partial charge in [0.1, 0.15) is 5.69 Å². The fourth-order valence-electron chi connectivity index (χ4n) is 2.38. The summed E-state index contributed by atoms with van der Waals surface area (Å²) in [6, 6.07) is 7.72. The van der Waals surface area contributed by atoms with Crippen LogP contribution in [0.3, 0.4) is 0 Å². The molecule has 0 amide bonds. The first-order valence-corrected chi connectivity index (χ1v) is 7.27. The number of carboxylic acid groups (broad SMARTS) is 1. The van der Waals surface area contributed by atoms with E-state index in [0.717, 1.165) is 40.5 Å². The number of fused-ring (bicyclic) bond motifs is 1. The second kappa shape index (κ2) is 5.20. The lowest BCUT2D eigenvalue weighted by Crippen LogP contribution is -2.26. The molecular formula is C14H15N3O2S. The minimum Gasteiger partial charge on any atom is -0.477 e. The van der Waals surface area contributed by atoms with E-state index >= 15 is 0 Å². The van der Waals surface area contributed by atoms with Gasteiger partial charge in [-0.15, -0.1) is 0 Å². The highest BCUT2D eigenvalue weighted by molar-refractivity contribution is 8.14. The Hall–Kier alpha value is -1.95. The van der Waals surface area contributed by atoms with Gasteiger partial charge in [-0.1, -0.05) is 18.2 Å². The predicted molar refractivity (Wildman–Crippen MR) is 80.7 cm³/mol. The molecule has 3 rings (SSSR count). The average molecular weight is 289 g/mol. The van der Waals surface area contributed by atoms with Crippen molar-refractivity contribution in [2.75, 3.05) is 13.1 Å². The number of amidine groups is 1. The molecule has 0 aliphatic carbocycles. The average Bonchev–Trinajstić information content (AvgIpc) is 2.74. The van der Waals surface area contributed by atoms with Crippen LogP contribution >= 0.6 is 11.8 Å². The molecule has 1 aliphatic heterocycles. The van der Waals surface area contributed by atoms with E-state index in [1.54, 1.807) is 11.6 Å². The summed E-state index contributed by atoms with van der Waals surface area (Å²) in [6.07, 6.45) is 1.02. The van der Waals surface area contributed by atoms with Gasteiger partial charge in [-0.3, -0.25) is 4.99 Å². The van der Waals surface area contributed by atoms with Crippen LogP contribution in [0.1, 0.15) is 16.9 Å². The number of hydrogen-bond acceptors (Lipinski definition) is 4. The highest BCUT2D eigenvalue weighted by atomic mass is 32.2. The molecule has 0 atom stereocenters. The van der Waals surface area contributed by atoms with E-state index in [0.29, 0.717) is 5.69 Å². The number of aliphatic imine (C=N–C) groups is 1. The van der Waals surface area contributed by atoms with E-state index in [4.69, 9.17) is 0 Å². The van der Waals surface area contributed by atoms with Gasteiger partial charge in [0, 0.05) is 31.0 Å². The Morgan fingerprint density at radius 3 is 2.95 bits per heavy atom.